The van der Waals surface area contributed by atoms with E-state index in [0.29, 0.717) is 22.2 Å². The molecule has 1 atom stereocenters. The predicted octanol–water partition coefficient (Wildman–Crippen LogP) is 1.14. The summed E-state index contributed by atoms with van der Waals surface area (Å²) in [5, 5.41) is 3.02. The van der Waals surface area contributed by atoms with Crippen molar-refractivity contribution in [2.75, 3.05) is 25.3 Å². The number of halogens is 1. The molecule has 1 aliphatic rings. The van der Waals surface area contributed by atoms with E-state index in [1.165, 1.54) is 23.8 Å². The standard InChI is InChI=1S/C14H15ClN2O4S/c1-21-12(18)6-16-13(19)11-7-22-8-17(11)14(20)9-2-4-10(15)5-3-9/h2-5,11H,6-8H2,1H3,(H,16,19). The predicted molar refractivity (Wildman–Crippen MR) is 83.8 cm³/mol. The molecule has 1 fully saturated rings. The highest BCUT2D eigenvalue weighted by Crippen LogP contribution is 2.23. The lowest BCUT2D eigenvalue weighted by molar-refractivity contribution is -0.141. The summed E-state index contributed by atoms with van der Waals surface area (Å²) in [7, 11) is 1.25. The fourth-order valence-electron chi connectivity index (χ4n) is 1.97. The van der Waals surface area contributed by atoms with Crippen LogP contribution in [0.2, 0.25) is 5.02 Å². The van der Waals surface area contributed by atoms with Gasteiger partial charge in [-0.05, 0) is 24.3 Å². The van der Waals surface area contributed by atoms with Crippen molar-refractivity contribution in [1.29, 1.82) is 0 Å². The van der Waals surface area contributed by atoms with Gasteiger partial charge in [-0.3, -0.25) is 14.4 Å². The summed E-state index contributed by atoms with van der Waals surface area (Å²) in [4.78, 5) is 37.1. The Morgan fingerprint density at radius 1 is 1.36 bits per heavy atom. The van der Waals surface area contributed by atoms with Crippen molar-refractivity contribution in [2.24, 2.45) is 0 Å². The van der Waals surface area contributed by atoms with E-state index >= 15 is 0 Å². The van der Waals surface area contributed by atoms with E-state index in [9.17, 15) is 14.4 Å². The Bertz CT molecular complexity index is 579. The quantitative estimate of drug-likeness (QED) is 0.831. The van der Waals surface area contributed by atoms with Crippen LogP contribution in [0.1, 0.15) is 10.4 Å². The molecule has 1 aromatic carbocycles. The number of carbonyl (C=O) groups excluding carboxylic acids is 3. The number of benzene rings is 1. The van der Waals surface area contributed by atoms with Gasteiger partial charge in [-0.1, -0.05) is 11.6 Å². The van der Waals surface area contributed by atoms with Crippen LogP contribution in [-0.4, -0.2) is 54.0 Å². The van der Waals surface area contributed by atoms with Gasteiger partial charge < -0.3 is 15.0 Å². The average molecular weight is 343 g/mol. The Morgan fingerprint density at radius 3 is 2.68 bits per heavy atom. The minimum Gasteiger partial charge on any atom is -0.468 e. The molecule has 22 heavy (non-hydrogen) atoms. The Kier molecular flexibility index (Phi) is 5.68. The lowest BCUT2D eigenvalue weighted by atomic mass is 10.1. The summed E-state index contributed by atoms with van der Waals surface area (Å²) in [6.45, 7) is -0.209. The van der Waals surface area contributed by atoms with Gasteiger partial charge in [-0.25, -0.2) is 0 Å². The Hall–Kier alpha value is -1.73. The average Bonchev–Trinajstić information content (AvgIpc) is 3.01. The SMILES string of the molecule is COC(=O)CNC(=O)C1CSCN1C(=O)c1ccc(Cl)cc1. The molecular formula is C14H15ClN2O4S. The topological polar surface area (TPSA) is 75.7 Å². The Balaban J connectivity index is 2.03. The summed E-state index contributed by atoms with van der Waals surface area (Å²) >= 11 is 7.29. The minimum absolute atomic E-state index is 0.209. The summed E-state index contributed by atoms with van der Waals surface area (Å²) in [6, 6.07) is 5.90. The van der Waals surface area contributed by atoms with Crippen LogP contribution in [0.3, 0.4) is 0 Å². The molecule has 1 saturated heterocycles. The Labute approximate surface area is 137 Å². The molecule has 1 aromatic rings. The lowest BCUT2D eigenvalue weighted by Crippen LogP contribution is -2.48. The monoisotopic (exact) mass is 342 g/mol. The maximum Gasteiger partial charge on any atom is 0.325 e. The van der Waals surface area contributed by atoms with E-state index < -0.39 is 12.0 Å². The van der Waals surface area contributed by atoms with Crippen LogP contribution in [0.15, 0.2) is 24.3 Å². The van der Waals surface area contributed by atoms with Gasteiger partial charge in [-0.15, -0.1) is 11.8 Å². The van der Waals surface area contributed by atoms with E-state index in [-0.39, 0.29) is 18.4 Å². The number of rotatable bonds is 4. The van der Waals surface area contributed by atoms with Crippen LogP contribution in [-0.2, 0) is 14.3 Å². The van der Waals surface area contributed by atoms with Crippen molar-refractivity contribution < 1.29 is 19.1 Å². The third kappa shape index (κ3) is 3.92. The van der Waals surface area contributed by atoms with Gasteiger partial charge in [0.15, 0.2) is 0 Å². The molecule has 0 saturated carbocycles. The maximum atomic E-state index is 12.5. The van der Waals surface area contributed by atoms with E-state index in [2.05, 4.69) is 10.1 Å². The number of nitrogens with one attached hydrogen (secondary N) is 1. The second kappa shape index (κ2) is 7.51. The van der Waals surface area contributed by atoms with E-state index in [0.717, 1.165) is 0 Å². The highest BCUT2D eigenvalue weighted by atomic mass is 35.5. The molecule has 0 radical (unpaired) electrons. The number of ether oxygens (including phenoxy) is 1. The first kappa shape index (κ1) is 16.6. The zero-order valence-corrected chi connectivity index (χ0v) is 13.4. The molecule has 6 nitrogen and oxygen atoms in total. The molecule has 0 aliphatic carbocycles. The fraction of sp³-hybridized carbons (Fsp3) is 0.357. The fourth-order valence-corrected chi connectivity index (χ4v) is 3.25. The van der Waals surface area contributed by atoms with Crippen molar-refractivity contribution in [3.05, 3.63) is 34.9 Å². The van der Waals surface area contributed by atoms with Crippen molar-refractivity contribution in [3.63, 3.8) is 0 Å². The molecule has 8 heteroatoms. The van der Waals surface area contributed by atoms with Crippen LogP contribution in [0.5, 0.6) is 0 Å². The smallest absolute Gasteiger partial charge is 0.325 e. The zero-order chi connectivity index (χ0) is 16.1. The van der Waals surface area contributed by atoms with Crippen molar-refractivity contribution in [2.45, 2.75) is 6.04 Å². The second-order valence-corrected chi connectivity index (χ2v) is 6.03. The molecule has 1 aliphatic heterocycles. The van der Waals surface area contributed by atoms with Gasteiger partial charge in [0.1, 0.15) is 12.6 Å². The number of hydrogen-bond acceptors (Lipinski definition) is 5. The Morgan fingerprint density at radius 2 is 2.05 bits per heavy atom. The van der Waals surface area contributed by atoms with Gasteiger partial charge in [0.25, 0.3) is 5.91 Å². The van der Waals surface area contributed by atoms with E-state index in [4.69, 9.17) is 11.6 Å². The summed E-state index contributed by atoms with van der Waals surface area (Å²) in [5.41, 5.74) is 0.470. The van der Waals surface area contributed by atoms with Crippen molar-refractivity contribution >= 4 is 41.1 Å². The van der Waals surface area contributed by atoms with Crippen LogP contribution >= 0.6 is 23.4 Å². The third-order valence-electron chi connectivity index (χ3n) is 3.17. The maximum absolute atomic E-state index is 12.5. The number of carbonyl (C=O) groups is 3. The minimum atomic E-state index is -0.599. The highest BCUT2D eigenvalue weighted by Gasteiger charge is 2.35. The first-order valence-corrected chi connectivity index (χ1v) is 8.05. The van der Waals surface area contributed by atoms with Gasteiger partial charge in [0.05, 0.1) is 13.0 Å². The van der Waals surface area contributed by atoms with Gasteiger partial charge in [-0.2, -0.15) is 0 Å². The first-order chi connectivity index (χ1) is 10.5. The molecule has 0 bridgehead atoms. The zero-order valence-electron chi connectivity index (χ0n) is 11.9. The molecule has 118 valence electrons. The first-order valence-electron chi connectivity index (χ1n) is 6.51. The molecular weight excluding hydrogens is 328 g/mol. The number of esters is 1. The molecule has 2 amide bonds. The molecule has 1 N–H and O–H groups in total. The third-order valence-corrected chi connectivity index (χ3v) is 4.44. The lowest BCUT2D eigenvalue weighted by Gasteiger charge is -2.23. The van der Waals surface area contributed by atoms with Crippen LogP contribution < -0.4 is 5.32 Å². The van der Waals surface area contributed by atoms with Gasteiger partial charge in [0.2, 0.25) is 5.91 Å². The highest BCUT2D eigenvalue weighted by molar-refractivity contribution is 7.99. The normalized spacial score (nSPS) is 17.2. The van der Waals surface area contributed by atoms with E-state index in [1.807, 2.05) is 0 Å². The summed E-state index contributed by atoms with van der Waals surface area (Å²) < 4.78 is 4.47. The number of hydrogen-bond donors (Lipinski definition) is 1. The van der Waals surface area contributed by atoms with Crippen LogP contribution in [0.4, 0.5) is 0 Å². The van der Waals surface area contributed by atoms with Crippen molar-refractivity contribution in [3.8, 4) is 0 Å². The van der Waals surface area contributed by atoms with Gasteiger partial charge in [0, 0.05) is 16.3 Å². The number of methoxy groups -OCH3 is 1. The van der Waals surface area contributed by atoms with Crippen LogP contribution in [0.25, 0.3) is 0 Å². The van der Waals surface area contributed by atoms with Gasteiger partial charge >= 0.3 is 5.97 Å². The van der Waals surface area contributed by atoms with Crippen molar-refractivity contribution in [1.82, 2.24) is 10.2 Å². The molecule has 2 rings (SSSR count). The molecule has 1 unspecified atom stereocenters. The van der Waals surface area contributed by atoms with Crippen LogP contribution in [0, 0.1) is 0 Å². The molecule has 0 spiro atoms. The molecule has 0 aromatic heterocycles. The summed E-state index contributed by atoms with van der Waals surface area (Å²) in [5.74, 6) is -0.212. The number of thioether (sulfide) groups is 1. The number of nitrogens with zero attached hydrogens (tertiary/aromatic N) is 1. The molecule has 1 heterocycles. The second-order valence-electron chi connectivity index (χ2n) is 4.59. The van der Waals surface area contributed by atoms with E-state index in [1.54, 1.807) is 24.3 Å². The largest absolute Gasteiger partial charge is 0.468 e. The number of amides is 2. The summed E-state index contributed by atoms with van der Waals surface area (Å²) in [6.07, 6.45) is 0.